The monoisotopic (exact) mass is 270 g/mol. The Hall–Kier alpha value is -2.49. The van der Waals surface area contributed by atoms with E-state index in [1.54, 1.807) is 42.5 Å². The van der Waals surface area contributed by atoms with Crippen molar-refractivity contribution >= 4 is 6.29 Å². The van der Waals surface area contributed by atoms with E-state index >= 15 is 0 Å². The number of phenols is 2. The highest BCUT2D eigenvalue weighted by Gasteiger charge is 2.37. The third kappa shape index (κ3) is 1.99. The number of hydrogen-bond acceptors (Lipinski definition) is 4. The van der Waals surface area contributed by atoms with Crippen LogP contribution in [0.5, 0.6) is 17.2 Å². The zero-order valence-corrected chi connectivity index (χ0v) is 10.7. The van der Waals surface area contributed by atoms with Gasteiger partial charge in [0.1, 0.15) is 30.1 Å². The third-order valence-electron chi connectivity index (χ3n) is 3.71. The summed E-state index contributed by atoms with van der Waals surface area (Å²) in [6, 6.07) is 11.5. The molecule has 3 rings (SSSR count). The first-order valence-electron chi connectivity index (χ1n) is 6.33. The van der Waals surface area contributed by atoms with E-state index in [0.29, 0.717) is 12.2 Å². The molecule has 0 radical (unpaired) electrons. The fourth-order valence-corrected chi connectivity index (χ4v) is 2.54. The van der Waals surface area contributed by atoms with E-state index in [1.807, 2.05) is 0 Å². The summed E-state index contributed by atoms with van der Waals surface area (Å²) >= 11 is 0. The zero-order valence-electron chi connectivity index (χ0n) is 10.7. The summed E-state index contributed by atoms with van der Waals surface area (Å²) in [4.78, 5) is 11.7. The van der Waals surface area contributed by atoms with Crippen molar-refractivity contribution < 1.29 is 19.7 Å². The molecule has 2 aromatic rings. The molecule has 2 aromatic carbocycles. The molecule has 1 aliphatic rings. The number of rotatable bonds is 2. The highest BCUT2D eigenvalue weighted by molar-refractivity contribution is 5.71. The van der Waals surface area contributed by atoms with Gasteiger partial charge in [0.05, 0.1) is 5.41 Å². The molecule has 4 heteroatoms. The normalized spacial score (nSPS) is 20.8. The lowest BCUT2D eigenvalue weighted by Crippen LogP contribution is -2.40. The maximum Gasteiger partial charge on any atom is 0.134 e. The third-order valence-corrected chi connectivity index (χ3v) is 3.71. The molecule has 20 heavy (non-hydrogen) atoms. The van der Waals surface area contributed by atoms with E-state index in [2.05, 4.69) is 0 Å². The number of hydrogen-bond donors (Lipinski definition) is 2. The molecule has 1 heterocycles. The highest BCUT2D eigenvalue weighted by Crippen LogP contribution is 2.37. The van der Waals surface area contributed by atoms with Gasteiger partial charge < -0.3 is 19.7 Å². The van der Waals surface area contributed by atoms with Gasteiger partial charge in [0.2, 0.25) is 0 Å². The summed E-state index contributed by atoms with van der Waals surface area (Å²) < 4.78 is 5.64. The fourth-order valence-electron chi connectivity index (χ4n) is 2.54. The van der Waals surface area contributed by atoms with Crippen molar-refractivity contribution in [3.05, 3.63) is 53.6 Å². The fraction of sp³-hybridized carbons (Fsp3) is 0.188. The SMILES string of the molecule is O=CC1(c2ccc(O)cc2)COc2cc(O)ccc2C1. The molecule has 0 bridgehead atoms. The minimum Gasteiger partial charge on any atom is -0.508 e. The van der Waals surface area contributed by atoms with E-state index in [4.69, 9.17) is 4.74 Å². The van der Waals surface area contributed by atoms with Crippen LogP contribution in [0.25, 0.3) is 0 Å². The summed E-state index contributed by atoms with van der Waals surface area (Å²) in [6.45, 7) is 0.220. The van der Waals surface area contributed by atoms with Crippen LogP contribution in [0.15, 0.2) is 42.5 Å². The van der Waals surface area contributed by atoms with Gasteiger partial charge in [-0.15, -0.1) is 0 Å². The summed E-state index contributed by atoms with van der Waals surface area (Å²) in [5.74, 6) is 0.921. The van der Waals surface area contributed by atoms with Crippen LogP contribution in [0.2, 0.25) is 0 Å². The van der Waals surface area contributed by atoms with E-state index in [9.17, 15) is 15.0 Å². The molecular weight excluding hydrogens is 256 g/mol. The Balaban J connectivity index is 2.01. The van der Waals surface area contributed by atoms with Gasteiger partial charge in [-0.1, -0.05) is 18.2 Å². The summed E-state index contributed by atoms with van der Waals surface area (Å²) in [7, 11) is 0. The second kappa shape index (κ2) is 4.56. The van der Waals surface area contributed by atoms with E-state index in [1.165, 1.54) is 0 Å². The Labute approximate surface area is 116 Å². The van der Waals surface area contributed by atoms with Crippen LogP contribution in [0.4, 0.5) is 0 Å². The lowest BCUT2D eigenvalue weighted by Gasteiger charge is -2.34. The zero-order chi connectivity index (χ0) is 14.2. The molecule has 1 unspecified atom stereocenters. The Morgan fingerprint density at radius 2 is 1.75 bits per heavy atom. The molecule has 0 aromatic heterocycles. The maximum absolute atomic E-state index is 11.7. The van der Waals surface area contributed by atoms with Gasteiger partial charge in [-0.25, -0.2) is 0 Å². The van der Waals surface area contributed by atoms with Gasteiger partial charge in [0, 0.05) is 6.07 Å². The molecule has 102 valence electrons. The maximum atomic E-state index is 11.7. The molecule has 2 N–H and O–H groups in total. The number of fused-ring (bicyclic) bond motifs is 1. The predicted molar refractivity (Wildman–Crippen MR) is 73.2 cm³/mol. The van der Waals surface area contributed by atoms with Gasteiger partial charge in [-0.3, -0.25) is 0 Å². The first-order valence-corrected chi connectivity index (χ1v) is 6.33. The second-order valence-electron chi connectivity index (χ2n) is 5.08. The van der Waals surface area contributed by atoms with Gasteiger partial charge in [0.25, 0.3) is 0 Å². The first-order chi connectivity index (χ1) is 9.63. The average molecular weight is 270 g/mol. The lowest BCUT2D eigenvalue weighted by atomic mass is 9.76. The van der Waals surface area contributed by atoms with Crippen LogP contribution in [0.3, 0.4) is 0 Å². The number of carbonyl (C=O) groups excluding carboxylic acids is 1. The Bertz CT molecular complexity index is 648. The highest BCUT2D eigenvalue weighted by atomic mass is 16.5. The van der Waals surface area contributed by atoms with Crippen LogP contribution in [0.1, 0.15) is 11.1 Å². The van der Waals surface area contributed by atoms with Gasteiger partial charge >= 0.3 is 0 Å². The Morgan fingerprint density at radius 1 is 1.05 bits per heavy atom. The first kappa shape index (κ1) is 12.5. The summed E-state index contributed by atoms with van der Waals surface area (Å²) in [5, 5.41) is 18.8. The Kier molecular flexibility index (Phi) is 2.86. The van der Waals surface area contributed by atoms with Crippen LogP contribution < -0.4 is 4.74 Å². The molecule has 0 saturated carbocycles. The molecule has 0 saturated heterocycles. The standard InChI is InChI=1S/C16H14O4/c17-9-16(12-2-5-13(18)6-3-12)8-11-1-4-14(19)7-15(11)20-10-16/h1-7,9,18-19H,8,10H2. The molecule has 1 atom stereocenters. The van der Waals surface area contributed by atoms with E-state index in [0.717, 1.165) is 17.4 Å². The van der Waals surface area contributed by atoms with E-state index < -0.39 is 5.41 Å². The molecular formula is C16H14O4. The quantitative estimate of drug-likeness (QED) is 0.821. The van der Waals surface area contributed by atoms with Crippen molar-refractivity contribution in [1.29, 1.82) is 0 Å². The second-order valence-corrected chi connectivity index (χ2v) is 5.08. The number of ether oxygens (including phenoxy) is 1. The summed E-state index contributed by atoms with van der Waals surface area (Å²) in [6.07, 6.45) is 1.41. The number of phenolic OH excluding ortho intramolecular Hbond substituents is 2. The number of aromatic hydroxyl groups is 2. The van der Waals surface area contributed by atoms with E-state index in [-0.39, 0.29) is 18.1 Å². The van der Waals surface area contributed by atoms with Crippen LogP contribution in [0, 0.1) is 0 Å². The van der Waals surface area contributed by atoms with Crippen molar-refractivity contribution in [3.63, 3.8) is 0 Å². The number of benzene rings is 2. The molecule has 0 aliphatic carbocycles. The van der Waals surface area contributed by atoms with Gasteiger partial charge in [-0.2, -0.15) is 0 Å². The molecule has 1 aliphatic heterocycles. The molecule has 0 spiro atoms. The largest absolute Gasteiger partial charge is 0.508 e. The minimum atomic E-state index is -0.752. The van der Waals surface area contributed by atoms with Gasteiger partial charge in [0.15, 0.2) is 0 Å². The van der Waals surface area contributed by atoms with Crippen molar-refractivity contribution in [2.75, 3.05) is 6.61 Å². The average Bonchev–Trinajstić information content (AvgIpc) is 2.47. The van der Waals surface area contributed by atoms with Crippen molar-refractivity contribution in [3.8, 4) is 17.2 Å². The smallest absolute Gasteiger partial charge is 0.134 e. The van der Waals surface area contributed by atoms with Gasteiger partial charge in [-0.05, 0) is 35.7 Å². The van der Waals surface area contributed by atoms with Crippen LogP contribution in [-0.2, 0) is 16.6 Å². The topological polar surface area (TPSA) is 66.8 Å². The Morgan fingerprint density at radius 3 is 2.45 bits per heavy atom. The predicted octanol–water partition coefficient (Wildman–Crippen LogP) is 2.17. The minimum absolute atomic E-state index is 0.145. The number of aldehydes is 1. The molecule has 0 amide bonds. The van der Waals surface area contributed by atoms with Crippen molar-refractivity contribution in [2.24, 2.45) is 0 Å². The lowest BCUT2D eigenvalue weighted by molar-refractivity contribution is -0.114. The van der Waals surface area contributed by atoms with Crippen LogP contribution >= 0.6 is 0 Å². The summed E-state index contributed by atoms with van der Waals surface area (Å²) in [5.41, 5.74) is 0.941. The van der Waals surface area contributed by atoms with Crippen LogP contribution in [-0.4, -0.2) is 23.1 Å². The molecule has 4 nitrogen and oxygen atoms in total. The van der Waals surface area contributed by atoms with Crippen molar-refractivity contribution in [2.45, 2.75) is 11.8 Å². The van der Waals surface area contributed by atoms with Crippen molar-refractivity contribution in [1.82, 2.24) is 0 Å². The number of carbonyl (C=O) groups is 1. The molecule has 0 fully saturated rings.